The van der Waals surface area contributed by atoms with Crippen LogP contribution in [0, 0.1) is 24.7 Å². The number of aliphatic imine (C=N–C) groups is 1. The number of likely N-dealkylation sites (tertiary alicyclic amines) is 4. The van der Waals surface area contributed by atoms with Crippen molar-refractivity contribution in [2.24, 2.45) is 10.9 Å². The molecule has 1 aliphatic carbocycles. The first-order chi connectivity index (χ1) is 62.1. The second kappa shape index (κ2) is 48.4. The zero-order valence-electron chi connectivity index (χ0n) is 72.6. The third kappa shape index (κ3) is 26.1. The third-order valence-electron chi connectivity index (χ3n) is 23.8. The fourth-order valence-electron chi connectivity index (χ4n) is 17.5. The van der Waals surface area contributed by atoms with E-state index in [0.717, 1.165) is 52.3 Å². The third-order valence-corrected chi connectivity index (χ3v) is 27.9. The lowest BCUT2D eigenvalue weighted by molar-refractivity contribution is -0.148. The van der Waals surface area contributed by atoms with Gasteiger partial charge in [-0.2, -0.15) is 0 Å². The first-order valence-corrected chi connectivity index (χ1v) is 48.5. The minimum atomic E-state index is -1.99. The minimum absolute atomic E-state index is 0.0143. The van der Waals surface area contributed by atoms with Gasteiger partial charge in [0.2, 0.25) is 53.2 Å². The average Bonchev–Trinajstić information content (AvgIpc) is 1.78. The van der Waals surface area contributed by atoms with Gasteiger partial charge < -0.3 is 101 Å². The van der Waals surface area contributed by atoms with Crippen molar-refractivity contribution >= 4 is 148 Å². The maximum Gasteiger partial charge on any atom is 0.326 e. The highest BCUT2D eigenvalue weighted by Gasteiger charge is 2.46. The van der Waals surface area contributed by atoms with Gasteiger partial charge in [0.05, 0.1) is 48.8 Å². The molecule has 698 valence electrons. The number of hydrogen-bond acceptors (Lipinski definition) is 26. The van der Waals surface area contributed by atoms with Crippen LogP contribution < -0.4 is 37.1 Å². The molecule has 2 aromatic heterocycles. The summed E-state index contributed by atoms with van der Waals surface area (Å²) in [6, 6.07) is 2.74. The Hall–Kier alpha value is -9.77. The Morgan fingerprint density at radius 2 is 1.40 bits per heavy atom. The van der Waals surface area contributed by atoms with Crippen molar-refractivity contribution < 1.29 is 110 Å². The zero-order chi connectivity index (χ0) is 92.5. The molecule has 0 bridgehead atoms. The van der Waals surface area contributed by atoms with Gasteiger partial charge in [0.15, 0.2) is 27.1 Å². The van der Waals surface area contributed by atoms with Crippen LogP contribution in [-0.4, -0.2) is 279 Å². The number of carboxylic acid groups (broad SMARTS) is 3. The van der Waals surface area contributed by atoms with Crippen molar-refractivity contribution in [2.45, 2.75) is 223 Å². The Morgan fingerprint density at radius 3 is 2.11 bits per heavy atom. The standard InChI is InChI=1S/C86H114N15O23P3S2/c1-6-18-51-41-66-55(39-49(51)3)76(56-40-50(4)58(88-7-2)42-67(56)121-66)53-20-8-9-21-54(53)83(114)96(5)32-17-27-70(104)98-34-16-26-64(98)85(116)100-36-14-23-61(100)80(111)90-30-11-10-22-57(84(115)99-35-15-25-63(99)82(113)94-59(43-73(106)107)79(110)95-60(86(117)118)44-74(108)109)93-81(112)62-24-13-33-97(62)71(105)29-38-129-128-37-28-69(103)89-31-12-19-52-46-101(78-75(52)77(87)91-48-92-78)72-45-65(102)68(122-72)47-120-126-124-127-123-125-119/h8-9,20-21,39-42,46,48,56-57,59-65,68,72,76,102,119,125-127H,6-7,10-11,13-18,22-38,43-45,47H2,1-5H3,(H,89,103)(H,90,111)(H,93,112)(H,94,113)(H,95,110)(H,106,107)(H,108,109)(H,117,118)(H2,87,91,92)/t56?,57?,59?,60?,61?,62?,63?,64?,65?,68-,72-,76?/m1/s1. The number of ether oxygens (including phenoxy) is 2. The Labute approximate surface area is 760 Å². The number of aromatic nitrogens is 3. The second-order valence-electron chi connectivity index (χ2n) is 32.6. The van der Waals surface area contributed by atoms with Crippen LogP contribution in [0.15, 0.2) is 77.4 Å². The molecule has 0 saturated carbocycles. The van der Waals surface area contributed by atoms with Crippen LogP contribution in [0.25, 0.3) is 11.0 Å². The average molecular weight is 1880 g/mol. The molecule has 5 saturated heterocycles. The van der Waals surface area contributed by atoms with E-state index in [1.54, 1.807) is 27.6 Å². The van der Waals surface area contributed by atoms with Gasteiger partial charge in [-0.1, -0.05) is 77.1 Å². The summed E-state index contributed by atoms with van der Waals surface area (Å²) in [5.74, 6) is -2.55. The smallest absolute Gasteiger partial charge is 0.326 e. The molecule has 12 N–H and O–H groups in total. The van der Waals surface area contributed by atoms with E-state index in [0.29, 0.717) is 85.3 Å². The SMILES string of the molecule is CCCc1cc2c(cc1C)C(c1ccccc1C(=O)N(C)CCCC(=O)N1CCCC1C(=O)N1CCCC1C(=O)NCCCCC(NC(=O)C1CCCN1C(=O)CCSSCCC(=O)NCC#Cc1cn([C@H]3CC(O)[C@@H](COPOPOPO)O3)c3ncnc(N)c13)C(=O)N1CCCC1C(=O)NC(CC(=O)O)C(=O)NC(CC(=O)O)C(=O)O)C1C=C(C)C(=NCC)C=C1O2. The van der Waals surface area contributed by atoms with Crippen molar-refractivity contribution in [3.05, 3.63) is 106 Å². The van der Waals surface area contributed by atoms with Gasteiger partial charge in [0.25, 0.3) is 5.91 Å². The molecule has 2 aromatic carbocycles. The molecule has 8 heterocycles. The molecule has 0 radical (unpaired) electrons. The van der Waals surface area contributed by atoms with E-state index < -0.39 is 148 Å². The Kier molecular flexibility index (Phi) is 37.4. The predicted molar refractivity (Wildman–Crippen MR) is 483 cm³/mol. The number of carboxylic acids is 3. The molecular formula is C86H114N15O23P3S2. The second-order valence-corrected chi connectivity index (χ2v) is 37.7. The summed E-state index contributed by atoms with van der Waals surface area (Å²) in [6.45, 7) is 10.1. The summed E-state index contributed by atoms with van der Waals surface area (Å²) in [7, 11) is 2.94. The maximum atomic E-state index is 15.0. The van der Waals surface area contributed by atoms with E-state index in [2.05, 4.69) is 75.1 Å². The van der Waals surface area contributed by atoms with Crippen molar-refractivity contribution in [3.8, 4) is 17.6 Å². The van der Waals surface area contributed by atoms with Crippen molar-refractivity contribution in [2.75, 3.05) is 83.3 Å². The predicted octanol–water partition coefficient (Wildman–Crippen LogP) is 5.86. The van der Waals surface area contributed by atoms with E-state index in [4.69, 9.17) is 38.2 Å². The molecule has 11 rings (SSSR count). The normalized spacial score (nSPS) is 21.7. The number of aliphatic hydroxyl groups is 1. The highest BCUT2D eigenvalue weighted by atomic mass is 33.1. The molecule has 7 aliphatic rings. The summed E-state index contributed by atoms with van der Waals surface area (Å²) in [6.07, 6.45) is 8.59. The number of nitrogens with two attached hydrogens (primary N) is 1. The number of nitrogens with one attached hydrogen (secondary N) is 5. The van der Waals surface area contributed by atoms with E-state index in [-0.39, 0.29) is 157 Å². The Bertz CT molecular complexity index is 4960. The number of allylic oxidation sites excluding steroid dienone is 3. The number of hydrogen-bond donors (Lipinski definition) is 11. The summed E-state index contributed by atoms with van der Waals surface area (Å²) in [5.41, 5.74) is 13.8. The molecule has 15 atom stereocenters. The first kappa shape index (κ1) is 99.8. The van der Waals surface area contributed by atoms with Gasteiger partial charge in [-0.15, -0.1) is 0 Å². The summed E-state index contributed by atoms with van der Waals surface area (Å²) in [4.78, 5) is 206. The largest absolute Gasteiger partial charge is 0.481 e. The van der Waals surface area contributed by atoms with Gasteiger partial charge in [-0.05, 0) is 139 Å². The van der Waals surface area contributed by atoms with Crippen LogP contribution >= 0.6 is 48.7 Å². The number of carbonyl (C=O) groups is 13. The number of rotatable bonds is 44. The highest BCUT2D eigenvalue weighted by Crippen LogP contribution is 2.50. The van der Waals surface area contributed by atoms with Gasteiger partial charge in [-0.3, -0.25) is 71.1 Å². The number of unbranched alkanes of at least 4 members (excludes halogenated alkanes) is 1. The lowest BCUT2D eigenvalue weighted by Crippen LogP contribution is -2.58. The zero-order valence-corrected chi connectivity index (χ0v) is 77.3. The molecule has 43 heteroatoms. The van der Waals surface area contributed by atoms with Crippen LogP contribution in [0.4, 0.5) is 5.82 Å². The number of anilines is 1. The van der Waals surface area contributed by atoms with Crippen LogP contribution in [0.1, 0.15) is 193 Å². The summed E-state index contributed by atoms with van der Waals surface area (Å²) < 4.78 is 29.9. The van der Waals surface area contributed by atoms with Crippen molar-refractivity contribution in [3.63, 3.8) is 0 Å². The number of carbonyl (C=O) groups excluding carboxylic acids is 10. The molecule has 38 nitrogen and oxygen atoms in total. The van der Waals surface area contributed by atoms with E-state index in [1.807, 2.05) is 49.5 Å². The van der Waals surface area contributed by atoms with Crippen molar-refractivity contribution in [1.82, 2.24) is 65.6 Å². The lowest BCUT2D eigenvalue weighted by Gasteiger charge is -2.38. The number of benzene rings is 2. The number of fused-ring (bicyclic) bond motifs is 3. The molecule has 0 spiro atoms. The van der Waals surface area contributed by atoms with E-state index in [1.165, 1.54) is 48.2 Å². The molecule has 13 unspecified atom stereocenters. The first-order valence-electron chi connectivity index (χ1n) is 43.5. The van der Waals surface area contributed by atoms with Gasteiger partial charge in [0.1, 0.15) is 83.9 Å². The van der Waals surface area contributed by atoms with Gasteiger partial charge in [0, 0.05) is 125 Å². The number of nitrogens with zero attached hydrogens (tertiary/aromatic N) is 9. The minimum Gasteiger partial charge on any atom is -0.481 e. The molecule has 129 heavy (non-hydrogen) atoms. The monoisotopic (exact) mass is 1880 g/mol. The number of aliphatic carboxylic acids is 3. The fraction of sp³-hybridized carbons (Fsp3) is 0.558. The van der Waals surface area contributed by atoms with Crippen LogP contribution in [-0.2, 0) is 81.8 Å². The summed E-state index contributed by atoms with van der Waals surface area (Å²) >= 11 is 0. The Balaban J connectivity index is 0.666. The number of amides is 10. The molecule has 10 amide bonds. The fourth-order valence-corrected chi connectivity index (χ4v) is 20.8. The van der Waals surface area contributed by atoms with E-state index in [9.17, 15) is 82.8 Å². The van der Waals surface area contributed by atoms with Crippen LogP contribution in [0.2, 0.25) is 0 Å². The molecule has 6 aliphatic heterocycles. The van der Waals surface area contributed by atoms with Crippen LogP contribution in [0.5, 0.6) is 5.75 Å². The molecule has 5 fully saturated rings. The highest BCUT2D eigenvalue weighted by molar-refractivity contribution is 8.76. The van der Waals surface area contributed by atoms with E-state index >= 15 is 0 Å². The topological polar surface area (TPSA) is 515 Å². The van der Waals surface area contributed by atoms with Gasteiger partial charge in [-0.25, -0.2) is 14.8 Å². The summed E-state index contributed by atoms with van der Waals surface area (Å²) in [5, 5.41) is 52.7. The van der Waals surface area contributed by atoms with Crippen LogP contribution in [0.3, 0.4) is 0 Å². The molecule has 4 aromatic rings. The number of nitrogen functional groups attached to an aromatic ring is 1. The maximum absolute atomic E-state index is 15.0. The lowest BCUT2D eigenvalue weighted by atomic mass is 9.72. The van der Waals surface area contributed by atoms with Gasteiger partial charge >= 0.3 is 17.9 Å². The van der Waals surface area contributed by atoms with Crippen molar-refractivity contribution in [1.29, 1.82) is 0 Å². The molecular weight excluding hydrogens is 1770 g/mol. The number of aryl methyl sites for hydroxylation is 2. The quantitative estimate of drug-likeness (QED) is 0.0107. The Morgan fingerprint density at radius 1 is 0.744 bits per heavy atom. The number of aliphatic hydroxyl groups excluding tert-OH is 1.